The molecule has 0 aliphatic heterocycles. The van der Waals surface area contributed by atoms with Crippen LogP contribution >= 0.6 is 0 Å². The van der Waals surface area contributed by atoms with E-state index in [1.54, 1.807) is 7.11 Å². The molecule has 92 valence electrons. The highest BCUT2D eigenvalue weighted by atomic mass is 16.5. The molecule has 0 aromatic rings. The molecular formula is C12H27NO2. The average Bonchev–Trinajstić information content (AvgIpc) is 2.25. The average molecular weight is 217 g/mol. The zero-order valence-corrected chi connectivity index (χ0v) is 10.7. The zero-order chi connectivity index (χ0) is 11.5. The second-order valence-corrected chi connectivity index (χ2v) is 4.03. The Morgan fingerprint density at radius 1 is 1.20 bits per heavy atom. The molecule has 0 spiro atoms. The smallest absolute Gasteiger partial charge is 0.0487 e. The summed E-state index contributed by atoms with van der Waals surface area (Å²) in [6.07, 6.45) is 3.31. The molecule has 0 heterocycles. The van der Waals surface area contributed by atoms with Crippen LogP contribution in [0.4, 0.5) is 0 Å². The summed E-state index contributed by atoms with van der Waals surface area (Å²) in [5.74, 6) is 0.683. The van der Waals surface area contributed by atoms with Gasteiger partial charge in [0, 0.05) is 33.0 Å². The molecule has 0 rings (SSSR count). The highest BCUT2D eigenvalue weighted by Gasteiger charge is 2.12. The molecule has 3 nitrogen and oxygen atoms in total. The summed E-state index contributed by atoms with van der Waals surface area (Å²) in [7, 11) is 3.75. The lowest BCUT2D eigenvalue weighted by molar-refractivity contribution is 0.0917. The molecule has 2 unspecified atom stereocenters. The van der Waals surface area contributed by atoms with Gasteiger partial charge in [0.2, 0.25) is 0 Å². The van der Waals surface area contributed by atoms with Crippen molar-refractivity contribution in [1.29, 1.82) is 0 Å². The Morgan fingerprint density at radius 3 is 2.47 bits per heavy atom. The predicted molar refractivity (Wildman–Crippen MR) is 64.2 cm³/mol. The molecule has 0 saturated heterocycles. The minimum atomic E-state index is 0.618. The third-order valence-electron chi connectivity index (χ3n) is 2.85. The van der Waals surface area contributed by atoms with Crippen LogP contribution < -0.4 is 5.32 Å². The van der Waals surface area contributed by atoms with Crippen molar-refractivity contribution in [2.75, 3.05) is 34.0 Å². The van der Waals surface area contributed by atoms with Gasteiger partial charge in [0.15, 0.2) is 0 Å². The molecule has 3 heteroatoms. The van der Waals surface area contributed by atoms with Gasteiger partial charge in [-0.2, -0.15) is 0 Å². The van der Waals surface area contributed by atoms with Gasteiger partial charge in [-0.3, -0.25) is 0 Å². The van der Waals surface area contributed by atoms with Crippen LogP contribution in [0, 0.1) is 5.92 Å². The van der Waals surface area contributed by atoms with Crippen LogP contribution in [0.1, 0.15) is 33.1 Å². The fourth-order valence-corrected chi connectivity index (χ4v) is 1.77. The van der Waals surface area contributed by atoms with Crippen molar-refractivity contribution in [3.05, 3.63) is 0 Å². The molecule has 0 aliphatic carbocycles. The normalized spacial score (nSPS) is 15.2. The van der Waals surface area contributed by atoms with E-state index in [2.05, 4.69) is 19.2 Å². The van der Waals surface area contributed by atoms with E-state index in [1.807, 2.05) is 7.05 Å². The number of rotatable bonds is 10. The largest absolute Gasteiger partial charge is 0.385 e. The fourth-order valence-electron chi connectivity index (χ4n) is 1.77. The first-order chi connectivity index (χ1) is 7.26. The van der Waals surface area contributed by atoms with Crippen molar-refractivity contribution in [3.8, 4) is 0 Å². The Hall–Kier alpha value is -0.120. The maximum atomic E-state index is 5.54. The van der Waals surface area contributed by atoms with Crippen molar-refractivity contribution in [2.24, 2.45) is 5.92 Å². The summed E-state index contributed by atoms with van der Waals surface area (Å²) < 4.78 is 10.5. The monoisotopic (exact) mass is 217 g/mol. The number of hydrogen-bond acceptors (Lipinski definition) is 3. The first-order valence-corrected chi connectivity index (χ1v) is 6.00. The molecule has 1 N–H and O–H groups in total. The topological polar surface area (TPSA) is 30.5 Å². The molecule has 0 amide bonds. The second-order valence-electron chi connectivity index (χ2n) is 4.03. The zero-order valence-electron chi connectivity index (χ0n) is 10.7. The van der Waals surface area contributed by atoms with Gasteiger partial charge < -0.3 is 14.8 Å². The van der Waals surface area contributed by atoms with Crippen LogP contribution in [0.3, 0.4) is 0 Å². The lowest BCUT2D eigenvalue weighted by Gasteiger charge is -2.21. The van der Waals surface area contributed by atoms with Gasteiger partial charge in [-0.05, 0) is 32.2 Å². The summed E-state index contributed by atoms with van der Waals surface area (Å²) in [5.41, 5.74) is 0. The lowest BCUT2D eigenvalue weighted by Crippen LogP contribution is -2.31. The molecule has 0 saturated carbocycles. The van der Waals surface area contributed by atoms with Gasteiger partial charge >= 0.3 is 0 Å². The Balaban J connectivity index is 3.33. The van der Waals surface area contributed by atoms with Crippen LogP contribution in [-0.4, -0.2) is 40.0 Å². The number of methoxy groups -OCH3 is 1. The van der Waals surface area contributed by atoms with Crippen molar-refractivity contribution >= 4 is 0 Å². The first kappa shape index (κ1) is 14.9. The summed E-state index contributed by atoms with van der Waals surface area (Å²) in [4.78, 5) is 0. The number of hydrogen-bond donors (Lipinski definition) is 1. The molecular weight excluding hydrogens is 190 g/mol. The van der Waals surface area contributed by atoms with Gasteiger partial charge in [-0.1, -0.05) is 13.8 Å². The molecule has 0 radical (unpaired) electrons. The standard InChI is InChI=1S/C12H27NO2/c1-5-12(13-3)11(2)7-10-15-9-6-8-14-4/h11-13H,5-10H2,1-4H3. The van der Waals surface area contributed by atoms with Crippen LogP contribution in [0.2, 0.25) is 0 Å². The van der Waals surface area contributed by atoms with Gasteiger partial charge in [-0.15, -0.1) is 0 Å². The summed E-state index contributed by atoms with van der Waals surface area (Å²) >= 11 is 0. The van der Waals surface area contributed by atoms with Gasteiger partial charge in [0.1, 0.15) is 0 Å². The Kier molecular flexibility index (Phi) is 10.3. The quantitative estimate of drug-likeness (QED) is 0.568. The van der Waals surface area contributed by atoms with Crippen LogP contribution in [0.5, 0.6) is 0 Å². The predicted octanol–water partition coefficient (Wildman–Crippen LogP) is 2.06. The van der Waals surface area contributed by atoms with Crippen molar-refractivity contribution in [3.63, 3.8) is 0 Å². The van der Waals surface area contributed by atoms with Crippen molar-refractivity contribution in [2.45, 2.75) is 39.2 Å². The Labute approximate surface area is 94.5 Å². The van der Waals surface area contributed by atoms with Gasteiger partial charge in [0.25, 0.3) is 0 Å². The SMILES string of the molecule is CCC(NC)C(C)CCOCCCOC. The van der Waals surface area contributed by atoms with E-state index in [-0.39, 0.29) is 0 Å². The summed E-state index contributed by atoms with van der Waals surface area (Å²) in [6, 6.07) is 0.618. The molecule has 2 atom stereocenters. The van der Waals surface area contributed by atoms with E-state index in [4.69, 9.17) is 9.47 Å². The Morgan fingerprint density at radius 2 is 1.93 bits per heavy atom. The van der Waals surface area contributed by atoms with E-state index in [9.17, 15) is 0 Å². The van der Waals surface area contributed by atoms with Crippen LogP contribution in [-0.2, 0) is 9.47 Å². The van der Waals surface area contributed by atoms with E-state index in [1.165, 1.54) is 6.42 Å². The molecule has 0 bridgehead atoms. The van der Waals surface area contributed by atoms with E-state index in [0.717, 1.165) is 32.7 Å². The second kappa shape index (κ2) is 10.4. The number of nitrogens with one attached hydrogen (secondary N) is 1. The minimum absolute atomic E-state index is 0.618. The minimum Gasteiger partial charge on any atom is -0.385 e. The number of ether oxygens (including phenoxy) is 2. The third kappa shape index (κ3) is 7.77. The Bertz CT molecular complexity index is 127. The van der Waals surface area contributed by atoms with Gasteiger partial charge in [0.05, 0.1) is 0 Å². The van der Waals surface area contributed by atoms with Gasteiger partial charge in [-0.25, -0.2) is 0 Å². The first-order valence-electron chi connectivity index (χ1n) is 6.00. The lowest BCUT2D eigenvalue weighted by atomic mass is 9.97. The fraction of sp³-hybridized carbons (Fsp3) is 1.00. The van der Waals surface area contributed by atoms with Crippen LogP contribution in [0.25, 0.3) is 0 Å². The van der Waals surface area contributed by atoms with E-state index < -0.39 is 0 Å². The highest BCUT2D eigenvalue weighted by molar-refractivity contribution is 4.69. The molecule has 15 heavy (non-hydrogen) atoms. The summed E-state index contributed by atoms with van der Waals surface area (Å²) in [5, 5.41) is 3.34. The molecule has 0 aromatic carbocycles. The van der Waals surface area contributed by atoms with E-state index >= 15 is 0 Å². The highest BCUT2D eigenvalue weighted by Crippen LogP contribution is 2.10. The van der Waals surface area contributed by atoms with Crippen molar-refractivity contribution in [1.82, 2.24) is 5.32 Å². The van der Waals surface area contributed by atoms with Crippen LogP contribution in [0.15, 0.2) is 0 Å². The maximum Gasteiger partial charge on any atom is 0.0487 e. The summed E-state index contributed by atoms with van der Waals surface area (Å²) in [6.45, 7) is 6.98. The third-order valence-corrected chi connectivity index (χ3v) is 2.85. The molecule has 0 aromatic heterocycles. The molecule has 0 fully saturated rings. The molecule has 0 aliphatic rings. The maximum absolute atomic E-state index is 5.54. The van der Waals surface area contributed by atoms with Crippen molar-refractivity contribution < 1.29 is 9.47 Å². The van der Waals surface area contributed by atoms with E-state index in [0.29, 0.717) is 12.0 Å².